The zero-order valence-electron chi connectivity index (χ0n) is 8.17. The number of hydrogen-bond donors (Lipinski definition) is 1. The van der Waals surface area contributed by atoms with Crippen LogP contribution in [-0.2, 0) is 11.8 Å². The maximum absolute atomic E-state index is 5.87. The molecule has 3 heteroatoms. The number of rotatable bonds is 0. The summed E-state index contributed by atoms with van der Waals surface area (Å²) in [5, 5.41) is 0. The van der Waals surface area contributed by atoms with Crippen molar-refractivity contribution in [2.24, 2.45) is 0 Å². The van der Waals surface area contributed by atoms with E-state index in [1.807, 2.05) is 0 Å². The van der Waals surface area contributed by atoms with Gasteiger partial charge in [-0.25, -0.2) is 9.97 Å². The van der Waals surface area contributed by atoms with Crippen LogP contribution in [0.25, 0.3) is 0 Å². The number of nitrogens with zero attached hydrogens (tertiary/aromatic N) is 2. The molecule has 0 amide bonds. The highest BCUT2D eigenvalue weighted by Crippen LogP contribution is 2.37. The van der Waals surface area contributed by atoms with E-state index in [1.54, 1.807) is 6.33 Å². The molecule has 70 valence electrons. The van der Waals surface area contributed by atoms with Crippen molar-refractivity contribution in [3.05, 3.63) is 17.6 Å². The molecule has 0 saturated carbocycles. The number of fused-ring (bicyclic) bond motifs is 1. The van der Waals surface area contributed by atoms with E-state index in [0.717, 1.165) is 12.1 Å². The Morgan fingerprint density at radius 1 is 1.38 bits per heavy atom. The summed E-state index contributed by atoms with van der Waals surface area (Å²) in [6, 6.07) is 0. The van der Waals surface area contributed by atoms with E-state index in [9.17, 15) is 0 Å². The number of aromatic nitrogens is 2. The van der Waals surface area contributed by atoms with Crippen LogP contribution >= 0.6 is 0 Å². The summed E-state index contributed by atoms with van der Waals surface area (Å²) in [5.41, 5.74) is 8.33. The lowest BCUT2D eigenvalue weighted by Crippen LogP contribution is -2.26. The minimum atomic E-state index is 0.152. The maximum atomic E-state index is 5.87. The van der Waals surface area contributed by atoms with Gasteiger partial charge in [0.15, 0.2) is 0 Å². The van der Waals surface area contributed by atoms with E-state index in [1.165, 1.54) is 18.4 Å². The molecular formula is C10H15N3. The number of nitrogen functional groups attached to an aromatic ring is 1. The molecule has 1 heterocycles. The van der Waals surface area contributed by atoms with Crippen molar-refractivity contribution in [3.8, 4) is 0 Å². The number of aryl methyl sites for hydroxylation is 1. The second-order valence-electron chi connectivity index (χ2n) is 4.32. The third-order valence-electron chi connectivity index (χ3n) is 2.85. The third-order valence-corrected chi connectivity index (χ3v) is 2.85. The Hall–Kier alpha value is -1.12. The number of anilines is 1. The summed E-state index contributed by atoms with van der Waals surface area (Å²) < 4.78 is 0. The average molecular weight is 177 g/mol. The van der Waals surface area contributed by atoms with Crippen LogP contribution in [0.2, 0.25) is 0 Å². The van der Waals surface area contributed by atoms with E-state index in [4.69, 9.17) is 5.73 Å². The molecule has 0 spiro atoms. The van der Waals surface area contributed by atoms with Gasteiger partial charge in [-0.05, 0) is 24.7 Å². The lowest BCUT2D eigenvalue weighted by atomic mass is 9.75. The molecule has 1 aromatic rings. The summed E-state index contributed by atoms with van der Waals surface area (Å²) >= 11 is 0. The zero-order chi connectivity index (χ0) is 9.47. The van der Waals surface area contributed by atoms with Crippen molar-refractivity contribution in [3.63, 3.8) is 0 Å². The number of hydrogen-bond acceptors (Lipinski definition) is 3. The first-order chi connectivity index (χ1) is 6.11. The van der Waals surface area contributed by atoms with E-state index in [0.29, 0.717) is 5.82 Å². The van der Waals surface area contributed by atoms with Gasteiger partial charge in [0.1, 0.15) is 12.1 Å². The van der Waals surface area contributed by atoms with Crippen molar-refractivity contribution in [2.45, 2.75) is 38.5 Å². The lowest BCUT2D eigenvalue weighted by Gasteiger charge is -2.31. The van der Waals surface area contributed by atoms with Gasteiger partial charge in [-0.3, -0.25) is 0 Å². The third kappa shape index (κ3) is 1.28. The SMILES string of the molecule is CC1(C)CCCc2ncnc(N)c21. The van der Waals surface area contributed by atoms with Crippen LogP contribution in [0.3, 0.4) is 0 Å². The van der Waals surface area contributed by atoms with Crippen molar-refractivity contribution < 1.29 is 0 Å². The predicted octanol–water partition coefficient (Wildman–Crippen LogP) is 1.67. The van der Waals surface area contributed by atoms with Crippen LogP contribution < -0.4 is 5.73 Å². The van der Waals surface area contributed by atoms with Gasteiger partial charge in [-0.2, -0.15) is 0 Å². The first-order valence-corrected chi connectivity index (χ1v) is 4.71. The van der Waals surface area contributed by atoms with Gasteiger partial charge in [-0.1, -0.05) is 13.8 Å². The quantitative estimate of drug-likeness (QED) is 0.656. The van der Waals surface area contributed by atoms with Gasteiger partial charge < -0.3 is 5.73 Å². The topological polar surface area (TPSA) is 51.8 Å². The lowest BCUT2D eigenvalue weighted by molar-refractivity contribution is 0.426. The Bertz CT molecular complexity index is 331. The van der Waals surface area contributed by atoms with Crippen molar-refractivity contribution in [1.82, 2.24) is 9.97 Å². The fraction of sp³-hybridized carbons (Fsp3) is 0.600. The standard InChI is InChI=1S/C10H15N3/c1-10(2)5-3-4-7-8(10)9(11)13-6-12-7/h6H,3-5H2,1-2H3,(H2,11,12,13). The monoisotopic (exact) mass is 177 g/mol. The molecule has 3 nitrogen and oxygen atoms in total. The van der Waals surface area contributed by atoms with Crippen molar-refractivity contribution in [1.29, 1.82) is 0 Å². The van der Waals surface area contributed by atoms with Crippen molar-refractivity contribution in [2.75, 3.05) is 5.73 Å². The Labute approximate surface area is 78.4 Å². The first kappa shape index (κ1) is 8.48. The summed E-state index contributed by atoms with van der Waals surface area (Å²) in [7, 11) is 0. The van der Waals surface area contributed by atoms with Crippen LogP contribution in [0.15, 0.2) is 6.33 Å². The maximum Gasteiger partial charge on any atom is 0.130 e. The molecule has 0 saturated heterocycles. The van der Waals surface area contributed by atoms with Crippen LogP contribution in [-0.4, -0.2) is 9.97 Å². The Morgan fingerprint density at radius 2 is 2.15 bits per heavy atom. The number of nitrogens with two attached hydrogens (primary N) is 1. The molecule has 2 rings (SSSR count). The second-order valence-corrected chi connectivity index (χ2v) is 4.32. The van der Waals surface area contributed by atoms with Gasteiger partial charge in [-0.15, -0.1) is 0 Å². The highest BCUT2D eigenvalue weighted by molar-refractivity contribution is 5.47. The molecule has 0 radical (unpaired) electrons. The van der Waals surface area contributed by atoms with Gasteiger partial charge >= 0.3 is 0 Å². The zero-order valence-corrected chi connectivity index (χ0v) is 8.17. The van der Waals surface area contributed by atoms with Gasteiger partial charge in [0.25, 0.3) is 0 Å². The summed E-state index contributed by atoms with van der Waals surface area (Å²) in [4.78, 5) is 8.34. The average Bonchev–Trinajstić information content (AvgIpc) is 2.02. The van der Waals surface area contributed by atoms with Crippen LogP contribution in [0.1, 0.15) is 37.9 Å². The van der Waals surface area contributed by atoms with Crippen molar-refractivity contribution >= 4 is 5.82 Å². The molecule has 13 heavy (non-hydrogen) atoms. The molecule has 0 aromatic carbocycles. The highest BCUT2D eigenvalue weighted by atomic mass is 14.9. The Morgan fingerprint density at radius 3 is 2.85 bits per heavy atom. The van der Waals surface area contributed by atoms with E-state index in [-0.39, 0.29) is 5.41 Å². The summed E-state index contributed by atoms with van der Waals surface area (Å²) in [6.07, 6.45) is 5.00. The molecule has 0 bridgehead atoms. The molecule has 2 N–H and O–H groups in total. The van der Waals surface area contributed by atoms with E-state index in [2.05, 4.69) is 23.8 Å². The van der Waals surface area contributed by atoms with E-state index >= 15 is 0 Å². The molecular weight excluding hydrogens is 162 g/mol. The summed E-state index contributed by atoms with van der Waals surface area (Å²) in [5.74, 6) is 0.662. The van der Waals surface area contributed by atoms with Crippen LogP contribution in [0.4, 0.5) is 5.82 Å². The highest BCUT2D eigenvalue weighted by Gasteiger charge is 2.30. The molecule has 0 unspecified atom stereocenters. The van der Waals surface area contributed by atoms with Gasteiger partial charge in [0.05, 0.1) is 0 Å². The summed E-state index contributed by atoms with van der Waals surface area (Å²) in [6.45, 7) is 4.43. The first-order valence-electron chi connectivity index (χ1n) is 4.71. The van der Waals surface area contributed by atoms with Gasteiger partial charge in [0.2, 0.25) is 0 Å². The normalized spacial score (nSPS) is 19.5. The molecule has 0 fully saturated rings. The fourth-order valence-electron chi connectivity index (χ4n) is 2.19. The minimum Gasteiger partial charge on any atom is -0.383 e. The fourth-order valence-corrected chi connectivity index (χ4v) is 2.19. The van der Waals surface area contributed by atoms with Crippen LogP contribution in [0, 0.1) is 0 Å². The van der Waals surface area contributed by atoms with Gasteiger partial charge in [0, 0.05) is 11.3 Å². The Kier molecular flexibility index (Phi) is 1.75. The molecule has 0 aliphatic heterocycles. The molecule has 1 aliphatic carbocycles. The smallest absolute Gasteiger partial charge is 0.130 e. The second kappa shape index (κ2) is 2.69. The minimum absolute atomic E-state index is 0.152. The molecule has 0 atom stereocenters. The molecule has 1 aromatic heterocycles. The Balaban J connectivity index is 2.61. The predicted molar refractivity (Wildman–Crippen MR) is 52.4 cm³/mol. The largest absolute Gasteiger partial charge is 0.383 e. The van der Waals surface area contributed by atoms with E-state index < -0.39 is 0 Å². The van der Waals surface area contributed by atoms with Crippen LogP contribution in [0.5, 0.6) is 0 Å². The molecule has 1 aliphatic rings.